The maximum Gasteiger partial charge on any atom is 0.243 e. The van der Waals surface area contributed by atoms with E-state index in [9.17, 15) is 12.8 Å². The molecule has 0 saturated carbocycles. The zero-order valence-electron chi connectivity index (χ0n) is 9.53. The van der Waals surface area contributed by atoms with Crippen molar-refractivity contribution >= 4 is 37.7 Å². The molecule has 0 amide bonds. The molecular formula is C11H13BrFNO2S2. The summed E-state index contributed by atoms with van der Waals surface area (Å²) in [7, 11) is -3.75. The second kappa shape index (κ2) is 5.90. The lowest BCUT2D eigenvalue weighted by atomic mass is 10.2. The van der Waals surface area contributed by atoms with Crippen molar-refractivity contribution < 1.29 is 12.8 Å². The van der Waals surface area contributed by atoms with Crippen LogP contribution in [-0.2, 0) is 10.0 Å². The lowest BCUT2D eigenvalue weighted by molar-refractivity contribution is 0.555. The molecule has 0 spiro atoms. The van der Waals surface area contributed by atoms with Crippen LogP contribution in [0.15, 0.2) is 27.6 Å². The summed E-state index contributed by atoms with van der Waals surface area (Å²) in [6.07, 6.45) is 2.12. The number of rotatable bonds is 4. The van der Waals surface area contributed by atoms with E-state index < -0.39 is 15.8 Å². The minimum absolute atomic E-state index is 0.298. The van der Waals surface area contributed by atoms with Crippen LogP contribution in [-0.4, -0.2) is 26.0 Å². The van der Waals surface area contributed by atoms with Gasteiger partial charge in [0.25, 0.3) is 0 Å². The molecule has 0 radical (unpaired) electrons. The Balaban J connectivity index is 2.09. The molecule has 7 heteroatoms. The quantitative estimate of drug-likeness (QED) is 0.905. The molecule has 1 saturated heterocycles. The standard InChI is InChI=1S/C11H13BrFNO2S2/c12-8-3-4-11(10(13)6-8)18(15,16)14-7-9-2-1-5-17-9/h3-4,6,9,14H,1-2,5,7H2. The molecule has 1 N–H and O–H groups in total. The van der Waals surface area contributed by atoms with E-state index in [2.05, 4.69) is 20.7 Å². The summed E-state index contributed by atoms with van der Waals surface area (Å²) >= 11 is 4.85. The Labute approximate surface area is 119 Å². The van der Waals surface area contributed by atoms with Crippen LogP contribution in [0.5, 0.6) is 0 Å². The molecule has 1 aliphatic rings. The predicted molar refractivity (Wildman–Crippen MR) is 74.8 cm³/mol. The fourth-order valence-corrected chi connectivity index (χ4v) is 4.56. The van der Waals surface area contributed by atoms with Gasteiger partial charge >= 0.3 is 0 Å². The number of benzene rings is 1. The fourth-order valence-electron chi connectivity index (χ4n) is 1.78. The number of hydrogen-bond acceptors (Lipinski definition) is 3. The van der Waals surface area contributed by atoms with Crippen molar-refractivity contribution in [1.82, 2.24) is 4.72 Å². The lowest BCUT2D eigenvalue weighted by Crippen LogP contribution is -2.30. The van der Waals surface area contributed by atoms with E-state index >= 15 is 0 Å². The first kappa shape index (κ1) is 14.3. The van der Waals surface area contributed by atoms with E-state index in [-0.39, 0.29) is 4.90 Å². The van der Waals surface area contributed by atoms with Gasteiger partial charge in [0, 0.05) is 16.3 Å². The number of hydrogen-bond donors (Lipinski definition) is 1. The molecule has 1 fully saturated rings. The Bertz CT molecular complexity index is 530. The van der Waals surface area contributed by atoms with Crippen LogP contribution in [0.2, 0.25) is 0 Å². The van der Waals surface area contributed by atoms with Gasteiger partial charge in [-0.25, -0.2) is 17.5 Å². The van der Waals surface area contributed by atoms with Gasteiger partial charge in [0.05, 0.1) is 0 Å². The van der Waals surface area contributed by atoms with Crippen LogP contribution in [0, 0.1) is 5.82 Å². The lowest BCUT2D eigenvalue weighted by Gasteiger charge is -2.11. The Morgan fingerprint density at radius 3 is 2.89 bits per heavy atom. The van der Waals surface area contributed by atoms with Crippen LogP contribution in [0.1, 0.15) is 12.8 Å². The highest BCUT2D eigenvalue weighted by Crippen LogP contribution is 2.26. The van der Waals surface area contributed by atoms with Gasteiger partial charge in [-0.05, 0) is 36.8 Å². The van der Waals surface area contributed by atoms with Crippen LogP contribution in [0.4, 0.5) is 4.39 Å². The summed E-state index contributed by atoms with van der Waals surface area (Å²) in [5.74, 6) is 0.329. The van der Waals surface area contributed by atoms with Crippen LogP contribution >= 0.6 is 27.7 Å². The Hall–Kier alpha value is -0.110. The number of thioether (sulfide) groups is 1. The van der Waals surface area contributed by atoms with Gasteiger partial charge in [0.2, 0.25) is 10.0 Å². The topological polar surface area (TPSA) is 46.2 Å². The molecular weight excluding hydrogens is 341 g/mol. The molecule has 3 nitrogen and oxygen atoms in total. The van der Waals surface area contributed by atoms with Crippen molar-refractivity contribution in [3.8, 4) is 0 Å². The van der Waals surface area contributed by atoms with Crippen molar-refractivity contribution in [3.05, 3.63) is 28.5 Å². The molecule has 1 aromatic carbocycles. The molecule has 0 aliphatic carbocycles. The first-order chi connectivity index (χ1) is 8.49. The normalized spacial score (nSPS) is 20.2. The highest BCUT2D eigenvalue weighted by atomic mass is 79.9. The van der Waals surface area contributed by atoms with Gasteiger partial charge < -0.3 is 0 Å². The minimum atomic E-state index is -3.75. The predicted octanol–water partition coefficient (Wildman–Crippen LogP) is 2.76. The second-order valence-corrected chi connectivity index (χ2v) is 8.12. The zero-order valence-corrected chi connectivity index (χ0v) is 12.7. The highest BCUT2D eigenvalue weighted by Gasteiger charge is 2.22. The number of halogens is 2. The fraction of sp³-hybridized carbons (Fsp3) is 0.455. The molecule has 1 aromatic rings. The van der Waals surface area contributed by atoms with E-state index in [0.29, 0.717) is 16.3 Å². The van der Waals surface area contributed by atoms with Gasteiger partial charge in [-0.3, -0.25) is 0 Å². The summed E-state index contributed by atoms with van der Waals surface area (Å²) in [6.45, 7) is 0.364. The average Bonchev–Trinajstić information content (AvgIpc) is 2.78. The van der Waals surface area contributed by atoms with Crippen LogP contribution < -0.4 is 4.72 Å². The molecule has 1 atom stereocenters. The Kier molecular flexibility index (Phi) is 4.69. The monoisotopic (exact) mass is 353 g/mol. The highest BCUT2D eigenvalue weighted by molar-refractivity contribution is 9.10. The van der Waals surface area contributed by atoms with E-state index in [4.69, 9.17) is 0 Å². The molecule has 100 valence electrons. The third-order valence-corrected chi connectivity index (χ3v) is 6.06. The van der Waals surface area contributed by atoms with Crippen molar-refractivity contribution in [2.24, 2.45) is 0 Å². The van der Waals surface area contributed by atoms with Gasteiger partial charge in [-0.1, -0.05) is 15.9 Å². The maximum atomic E-state index is 13.6. The summed E-state index contributed by atoms with van der Waals surface area (Å²) < 4.78 is 40.5. The smallest absolute Gasteiger partial charge is 0.210 e. The van der Waals surface area contributed by atoms with Gasteiger partial charge in [0.15, 0.2) is 0 Å². The van der Waals surface area contributed by atoms with Gasteiger partial charge in [0.1, 0.15) is 10.7 Å². The summed E-state index contributed by atoms with van der Waals surface area (Å²) in [5.41, 5.74) is 0. The molecule has 0 bridgehead atoms. The zero-order chi connectivity index (χ0) is 13.2. The summed E-state index contributed by atoms with van der Waals surface area (Å²) in [5, 5.41) is 0.304. The van der Waals surface area contributed by atoms with Crippen LogP contribution in [0.3, 0.4) is 0 Å². The number of nitrogens with one attached hydrogen (secondary N) is 1. The molecule has 1 heterocycles. The largest absolute Gasteiger partial charge is 0.243 e. The van der Waals surface area contributed by atoms with Gasteiger partial charge in [-0.2, -0.15) is 11.8 Å². The van der Waals surface area contributed by atoms with Crippen molar-refractivity contribution in [2.45, 2.75) is 23.0 Å². The van der Waals surface area contributed by atoms with Crippen molar-refractivity contribution in [1.29, 1.82) is 0 Å². The minimum Gasteiger partial charge on any atom is -0.210 e. The number of sulfonamides is 1. The van der Waals surface area contributed by atoms with E-state index in [1.807, 2.05) is 0 Å². The maximum absolute atomic E-state index is 13.6. The molecule has 18 heavy (non-hydrogen) atoms. The Morgan fingerprint density at radius 1 is 1.50 bits per heavy atom. The summed E-state index contributed by atoms with van der Waals surface area (Å²) in [4.78, 5) is -0.298. The van der Waals surface area contributed by atoms with E-state index in [0.717, 1.165) is 24.7 Å². The summed E-state index contributed by atoms with van der Waals surface area (Å²) in [6, 6.07) is 3.93. The van der Waals surface area contributed by atoms with E-state index in [1.54, 1.807) is 11.8 Å². The van der Waals surface area contributed by atoms with E-state index in [1.165, 1.54) is 12.1 Å². The molecule has 1 aliphatic heterocycles. The molecule has 2 rings (SSSR count). The molecule has 0 aromatic heterocycles. The third kappa shape index (κ3) is 3.46. The first-order valence-corrected chi connectivity index (χ1v) is 8.88. The van der Waals surface area contributed by atoms with Crippen LogP contribution in [0.25, 0.3) is 0 Å². The molecule has 1 unspecified atom stereocenters. The Morgan fingerprint density at radius 2 is 2.28 bits per heavy atom. The SMILES string of the molecule is O=S(=O)(NCC1CCCS1)c1ccc(Br)cc1F. The average molecular weight is 354 g/mol. The third-order valence-electron chi connectivity index (χ3n) is 2.71. The van der Waals surface area contributed by atoms with Gasteiger partial charge in [-0.15, -0.1) is 0 Å². The second-order valence-electron chi connectivity index (χ2n) is 4.06. The van der Waals surface area contributed by atoms with Crippen molar-refractivity contribution in [3.63, 3.8) is 0 Å². The van der Waals surface area contributed by atoms with Crippen molar-refractivity contribution in [2.75, 3.05) is 12.3 Å². The first-order valence-electron chi connectivity index (χ1n) is 5.55.